The second-order valence-electron chi connectivity index (χ2n) is 5.77. The number of carbonyl (C=O) groups is 2. The molecule has 0 aliphatic rings. The fraction of sp³-hybridized carbons (Fsp3) is 0.529. The minimum Gasteiger partial charge on any atom is -0.490 e. The Balaban J connectivity index is 3.25. The maximum Gasteiger partial charge on any atom is 0.311 e. The molecule has 0 radical (unpaired) electrons. The topological polar surface area (TPSA) is 119 Å². The highest BCUT2D eigenvalue weighted by atomic mass is 16.6. The number of methoxy groups -OCH3 is 2. The van der Waals surface area contributed by atoms with Crippen molar-refractivity contribution in [2.75, 3.05) is 27.4 Å². The molecule has 144 valence electrons. The highest BCUT2D eigenvalue weighted by Gasteiger charge is 2.29. The Labute approximate surface area is 151 Å². The van der Waals surface area contributed by atoms with Crippen LogP contribution in [0.3, 0.4) is 0 Å². The van der Waals surface area contributed by atoms with Crippen LogP contribution in [-0.2, 0) is 9.53 Å². The van der Waals surface area contributed by atoms with Gasteiger partial charge in [0.1, 0.15) is 0 Å². The molecular formula is C17H24N2O7. The number of aliphatic hydroxyl groups is 1. The first-order chi connectivity index (χ1) is 12.3. The molecular weight excluding hydrogens is 344 g/mol. The van der Waals surface area contributed by atoms with E-state index in [2.05, 4.69) is 4.74 Å². The number of nitro benzene ring substituents is 1. The van der Waals surface area contributed by atoms with Crippen LogP contribution in [0.2, 0.25) is 0 Å². The van der Waals surface area contributed by atoms with E-state index in [1.807, 2.05) is 0 Å². The smallest absolute Gasteiger partial charge is 0.311 e. The molecule has 9 nitrogen and oxygen atoms in total. The highest BCUT2D eigenvalue weighted by Crippen LogP contribution is 2.28. The Kier molecular flexibility index (Phi) is 7.98. The van der Waals surface area contributed by atoms with Gasteiger partial charge in [-0.3, -0.25) is 19.7 Å². The normalized spacial score (nSPS) is 12.8. The van der Waals surface area contributed by atoms with Gasteiger partial charge in [0.2, 0.25) is 0 Å². The summed E-state index contributed by atoms with van der Waals surface area (Å²) in [6.45, 7) is 3.12. The van der Waals surface area contributed by atoms with Crippen LogP contribution in [0.15, 0.2) is 18.2 Å². The predicted octanol–water partition coefficient (Wildman–Crippen LogP) is 1.63. The maximum atomic E-state index is 12.9. The summed E-state index contributed by atoms with van der Waals surface area (Å²) in [4.78, 5) is 36.5. The number of hydrogen-bond acceptors (Lipinski definition) is 7. The summed E-state index contributed by atoms with van der Waals surface area (Å²) in [6, 6.07) is 3.35. The quantitative estimate of drug-likeness (QED) is 0.399. The number of nitrogens with zero attached hydrogens (tertiary/aromatic N) is 2. The molecule has 0 aliphatic heterocycles. The fourth-order valence-corrected chi connectivity index (χ4v) is 2.55. The van der Waals surface area contributed by atoms with Crippen molar-refractivity contribution in [3.05, 3.63) is 33.9 Å². The van der Waals surface area contributed by atoms with E-state index >= 15 is 0 Å². The monoisotopic (exact) mass is 368 g/mol. The molecule has 2 unspecified atom stereocenters. The van der Waals surface area contributed by atoms with E-state index in [9.17, 15) is 24.8 Å². The lowest BCUT2D eigenvalue weighted by Crippen LogP contribution is -2.45. The van der Waals surface area contributed by atoms with Crippen molar-refractivity contribution in [2.45, 2.75) is 26.3 Å². The van der Waals surface area contributed by atoms with Gasteiger partial charge in [-0.05, 0) is 18.6 Å². The molecule has 2 atom stereocenters. The van der Waals surface area contributed by atoms with E-state index in [1.54, 1.807) is 13.8 Å². The highest BCUT2D eigenvalue weighted by molar-refractivity contribution is 5.95. The molecule has 0 saturated carbocycles. The van der Waals surface area contributed by atoms with Gasteiger partial charge in [0, 0.05) is 18.2 Å². The van der Waals surface area contributed by atoms with E-state index in [1.165, 1.54) is 31.3 Å². The average molecular weight is 368 g/mol. The minimum absolute atomic E-state index is 0.0183. The first kappa shape index (κ1) is 21.4. The Morgan fingerprint density at radius 2 is 2.00 bits per heavy atom. The van der Waals surface area contributed by atoms with Crippen molar-refractivity contribution < 1.29 is 29.1 Å². The number of rotatable bonds is 9. The lowest BCUT2D eigenvalue weighted by atomic mass is 10.1. The van der Waals surface area contributed by atoms with Gasteiger partial charge < -0.3 is 19.5 Å². The van der Waals surface area contributed by atoms with E-state index in [0.717, 1.165) is 6.07 Å². The van der Waals surface area contributed by atoms with Crippen molar-refractivity contribution >= 4 is 17.6 Å². The molecule has 26 heavy (non-hydrogen) atoms. The SMILES string of the molecule is CCC(CO)N(CC(C)C(=O)OC)C(=O)c1ccc(OC)c([N+](=O)[O-])c1. The number of nitro groups is 1. The van der Waals surface area contributed by atoms with Crippen LogP contribution in [-0.4, -0.2) is 60.2 Å². The predicted molar refractivity (Wildman–Crippen MR) is 93.0 cm³/mol. The zero-order valence-corrected chi connectivity index (χ0v) is 15.3. The molecule has 1 amide bonds. The average Bonchev–Trinajstić information content (AvgIpc) is 2.65. The molecule has 1 aromatic rings. The van der Waals surface area contributed by atoms with Gasteiger partial charge in [0.15, 0.2) is 5.75 Å². The van der Waals surface area contributed by atoms with Gasteiger partial charge in [0.25, 0.3) is 5.91 Å². The molecule has 0 fully saturated rings. The summed E-state index contributed by atoms with van der Waals surface area (Å²) < 4.78 is 9.62. The Hall–Kier alpha value is -2.68. The Bertz CT molecular complexity index is 659. The maximum absolute atomic E-state index is 12.9. The van der Waals surface area contributed by atoms with Crippen LogP contribution in [0, 0.1) is 16.0 Å². The van der Waals surface area contributed by atoms with Gasteiger partial charge in [0.05, 0.1) is 37.7 Å². The summed E-state index contributed by atoms with van der Waals surface area (Å²) >= 11 is 0. The Morgan fingerprint density at radius 3 is 2.46 bits per heavy atom. The molecule has 1 aromatic carbocycles. The number of amides is 1. The van der Waals surface area contributed by atoms with Crippen LogP contribution in [0.5, 0.6) is 5.75 Å². The van der Waals surface area contributed by atoms with Crippen molar-refractivity contribution in [1.82, 2.24) is 4.90 Å². The van der Waals surface area contributed by atoms with Crippen molar-refractivity contribution in [3.63, 3.8) is 0 Å². The van der Waals surface area contributed by atoms with Gasteiger partial charge in [-0.25, -0.2) is 0 Å². The van der Waals surface area contributed by atoms with Gasteiger partial charge in [-0.1, -0.05) is 13.8 Å². The first-order valence-corrected chi connectivity index (χ1v) is 8.12. The lowest BCUT2D eigenvalue weighted by Gasteiger charge is -2.31. The first-order valence-electron chi connectivity index (χ1n) is 8.12. The number of carbonyl (C=O) groups excluding carboxylic acids is 2. The lowest BCUT2D eigenvalue weighted by molar-refractivity contribution is -0.385. The van der Waals surface area contributed by atoms with Crippen molar-refractivity contribution in [3.8, 4) is 5.75 Å². The zero-order valence-electron chi connectivity index (χ0n) is 15.3. The van der Waals surface area contributed by atoms with E-state index in [4.69, 9.17) is 4.74 Å². The molecule has 0 bridgehead atoms. The van der Waals surface area contributed by atoms with Crippen LogP contribution in [0.4, 0.5) is 5.69 Å². The third-order valence-electron chi connectivity index (χ3n) is 4.08. The molecule has 0 heterocycles. The van der Waals surface area contributed by atoms with Crippen molar-refractivity contribution in [2.24, 2.45) is 5.92 Å². The molecule has 0 aliphatic carbocycles. The van der Waals surface area contributed by atoms with Crippen LogP contribution >= 0.6 is 0 Å². The number of benzene rings is 1. The second kappa shape index (κ2) is 9.71. The molecule has 1 N–H and O–H groups in total. The number of ether oxygens (including phenoxy) is 2. The van der Waals surface area contributed by atoms with E-state index in [-0.39, 0.29) is 30.2 Å². The van der Waals surface area contributed by atoms with Gasteiger partial charge in [-0.15, -0.1) is 0 Å². The van der Waals surface area contributed by atoms with E-state index < -0.39 is 28.8 Å². The molecule has 9 heteroatoms. The molecule has 0 aromatic heterocycles. The van der Waals surface area contributed by atoms with E-state index in [0.29, 0.717) is 6.42 Å². The number of esters is 1. The van der Waals surface area contributed by atoms with Gasteiger partial charge in [-0.2, -0.15) is 0 Å². The summed E-state index contributed by atoms with van der Waals surface area (Å²) in [5.74, 6) is -1.59. The molecule has 0 spiro atoms. The zero-order chi connectivity index (χ0) is 19.9. The van der Waals surface area contributed by atoms with Gasteiger partial charge >= 0.3 is 11.7 Å². The van der Waals surface area contributed by atoms with Crippen LogP contribution in [0.25, 0.3) is 0 Å². The van der Waals surface area contributed by atoms with Crippen molar-refractivity contribution in [1.29, 1.82) is 0 Å². The number of aliphatic hydroxyl groups excluding tert-OH is 1. The minimum atomic E-state index is -0.639. The molecule has 1 rings (SSSR count). The second-order valence-corrected chi connectivity index (χ2v) is 5.77. The summed E-state index contributed by atoms with van der Waals surface area (Å²) in [5, 5.41) is 20.8. The van der Waals surface area contributed by atoms with Crippen LogP contribution < -0.4 is 4.74 Å². The summed E-state index contributed by atoms with van der Waals surface area (Å²) in [6.07, 6.45) is 0.453. The standard InChI is InChI=1S/C17H24N2O7/c1-5-13(10-20)18(9-11(2)17(22)26-4)16(21)12-6-7-15(25-3)14(8-12)19(23)24/h6-8,11,13,20H,5,9-10H2,1-4H3. The largest absolute Gasteiger partial charge is 0.490 e. The molecule has 0 saturated heterocycles. The summed E-state index contributed by atoms with van der Waals surface area (Å²) in [5.41, 5.74) is -0.266. The summed E-state index contributed by atoms with van der Waals surface area (Å²) in [7, 11) is 2.55. The number of hydrogen-bond donors (Lipinski definition) is 1. The van der Waals surface area contributed by atoms with Crippen LogP contribution in [0.1, 0.15) is 30.6 Å². The fourth-order valence-electron chi connectivity index (χ4n) is 2.55. The third kappa shape index (κ3) is 4.92. The third-order valence-corrected chi connectivity index (χ3v) is 4.08. The Morgan fingerprint density at radius 1 is 1.35 bits per heavy atom.